The largest absolute Gasteiger partial charge is 0.454 e. The highest BCUT2D eigenvalue weighted by atomic mass is 16.5. The third kappa shape index (κ3) is 8.76. The van der Waals surface area contributed by atoms with Crippen molar-refractivity contribution in [2.24, 2.45) is 0 Å². The number of hydrogen-bond donors (Lipinski definition) is 4. The molecule has 7 aromatic rings. The highest BCUT2D eigenvalue weighted by molar-refractivity contribution is 5.72. The number of nitrogen functional groups attached to an aromatic ring is 1. The van der Waals surface area contributed by atoms with Gasteiger partial charge in [-0.3, -0.25) is 24.5 Å². The average Bonchev–Trinajstić information content (AvgIpc) is 3.32. The molecule has 5 N–H and O–H groups in total. The monoisotopic (exact) mass is 857 g/mol. The lowest BCUT2D eigenvalue weighted by atomic mass is 9.99. The van der Waals surface area contributed by atoms with Crippen molar-refractivity contribution in [1.29, 1.82) is 0 Å². The van der Waals surface area contributed by atoms with Gasteiger partial charge in [0.15, 0.2) is 11.5 Å². The minimum atomic E-state index is -0.164. The molecular formula is C49H47N9O6. The maximum atomic E-state index is 12.5. The lowest BCUT2D eigenvalue weighted by Gasteiger charge is -2.29. The first-order valence-corrected chi connectivity index (χ1v) is 21.4. The number of aryl methyl sites for hydroxylation is 1. The lowest BCUT2D eigenvalue weighted by molar-refractivity contribution is 0.122. The summed E-state index contributed by atoms with van der Waals surface area (Å²) in [5.41, 5.74) is 17.9. The Kier molecular flexibility index (Phi) is 11.2. The third-order valence-corrected chi connectivity index (χ3v) is 11.7. The van der Waals surface area contributed by atoms with Crippen molar-refractivity contribution in [3.8, 4) is 45.8 Å². The average molecular weight is 858 g/mol. The summed E-state index contributed by atoms with van der Waals surface area (Å²) in [4.78, 5) is 48.5. The minimum absolute atomic E-state index is 0.163. The van der Waals surface area contributed by atoms with Crippen molar-refractivity contribution in [1.82, 2.24) is 24.9 Å². The number of H-pyrrole nitrogens is 2. The zero-order valence-corrected chi connectivity index (χ0v) is 35.4. The molecule has 0 atom stereocenters. The molecule has 4 aliphatic rings. The van der Waals surface area contributed by atoms with Crippen LogP contribution in [0.2, 0.25) is 0 Å². The number of aromatic amines is 2. The Bertz CT molecular complexity index is 2960. The molecule has 2 saturated heterocycles. The van der Waals surface area contributed by atoms with Crippen LogP contribution in [0.15, 0.2) is 113 Å². The number of anilines is 4. The highest BCUT2D eigenvalue weighted by Gasteiger charge is 2.25. The molecule has 2 aromatic carbocycles. The quantitative estimate of drug-likeness (QED) is 0.122. The molecule has 64 heavy (non-hydrogen) atoms. The molecule has 0 unspecified atom stereocenters. The Morgan fingerprint density at radius 2 is 1.17 bits per heavy atom. The number of morpholine rings is 2. The number of nitrogens with two attached hydrogens (primary N) is 1. The van der Waals surface area contributed by atoms with Gasteiger partial charge in [-0.25, -0.2) is 0 Å². The van der Waals surface area contributed by atoms with E-state index in [4.69, 9.17) is 24.7 Å². The topological polar surface area (TPSA) is 186 Å². The van der Waals surface area contributed by atoms with Gasteiger partial charge in [0.1, 0.15) is 22.9 Å². The highest BCUT2D eigenvalue weighted by Crippen LogP contribution is 2.43. The predicted molar refractivity (Wildman–Crippen MR) is 246 cm³/mol. The summed E-state index contributed by atoms with van der Waals surface area (Å²) < 4.78 is 23.4. The van der Waals surface area contributed by atoms with Crippen molar-refractivity contribution < 1.29 is 18.9 Å². The van der Waals surface area contributed by atoms with Crippen LogP contribution in [0.1, 0.15) is 33.5 Å². The van der Waals surface area contributed by atoms with Gasteiger partial charge in [-0.2, -0.15) is 0 Å². The van der Waals surface area contributed by atoms with Gasteiger partial charge >= 0.3 is 0 Å². The van der Waals surface area contributed by atoms with Crippen LogP contribution in [-0.4, -0.2) is 77.5 Å². The second kappa shape index (κ2) is 17.7. The molecule has 15 heteroatoms. The van der Waals surface area contributed by atoms with E-state index < -0.39 is 0 Å². The van der Waals surface area contributed by atoms with Crippen molar-refractivity contribution >= 4 is 22.7 Å². The van der Waals surface area contributed by atoms with Gasteiger partial charge in [-0.15, -0.1) is 0 Å². The van der Waals surface area contributed by atoms with E-state index in [1.807, 2.05) is 73.8 Å². The van der Waals surface area contributed by atoms with E-state index >= 15 is 0 Å². The van der Waals surface area contributed by atoms with Crippen LogP contribution >= 0.6 is 0 Å². The first kappa shape index (κ1) is 40.6. The molecule has 5 aromatic heterocycles. The second-order valence-corrected chi connectivity index (χ2v) is 16.1. The SMILES string of the molecule is Cc1ccc(CNc2ccc3c(c2)Cc2ccnc(-c4cc(N5CCOCC5)cc(=O)[nH]4)c2O3)cn1.Nc1ccc2c(c1)Cc1ccnc(-c3cc(N4CCOCC4)cc(=O)[nH]3)c1O2. The first-order chi connectivity index (χ1) is 31.3. The molecule has 0 aliphatic carbocycles. The number of pyridine rings is 5. The maximum absolute atomic E-state index is 12.5. The standard InChI is InChI=1S/C28H27N5O3.C21H20N4O3/c1-18-2-3-19(16-30-18)17-31-22-4-5-25-21(13-22)12-20-6-7-29-27(28(20)36-25)24-14-23(15-26(34)32-24)33-8-10-35-11-9-33;22-15-1-2-18-14(10-15)9-13-3-4-23-20(21(13)28-18)17-11-16(12-19(26)24-17)25-5-7-27-8-6-25/h2-7,13-16,31H,8-12,17H2,1H3,(H,32,34);1-4,10-12H,5-9,22H2,(H,24,26). The zero-order chi connectivity index (χ0) is 43.6. The van der Waals surface area contributed by atoms with E-state index in [1.165, 1.54) is 0 Å². The van der Waals surface area contributed by atoms with E-state index in [2.05, 4.69) is 52.2 Å². The number of nitrogens with one attached hydrogen (secondary N) is 3. The number of aromatic nitrogens is 5. The third-order valence-electron chi connectivity index (χ3n) is 11.7. The van der Waals surface area contributed by atoms with Crippen LogP contribution in [0.3, 0.4) is 0 Å². The molecule has 0 radical (unpaired) electrons. The van der Waals surface area contributed by atoms with Gasteiger partial charge in [0.2, 0.25) is 0 Å². The fourth-order valence-corrected chi connectivity index (χ4v) is 8.39. The van der Waals surface area contributed by atoms with E-state index in [0.717, 1.165) is 94.7 Å². The van der Waals surface area contributed by atoms with Gasteiger partial charge in [0.25, 0.3) is 11.1 Å². The van der Waals surface area contributed by atoms with Crippen LogP contribution < -0.4 is 41.4 Å². The Balaban J connectivity index is 0.000000156. The molecule has 0 spiro atoms. The number of fused-ring (bicyclic) bond motifs is 4. The summed E-state index contributed by atoms with van der Waals surface area (Å²) in [6.07, 6.45) is 6.84. The van der Waals surface area contributed by atoms with E-state index in [0.29, 0.717) is 79.4 Å². The van der Waals surface area contributed by atoms with Gasteiger partial charge in [-0.1, -0.05) is 6.07 Å². The molecule has 4 aliphatic heterocycles. The molecule has 9 heterocycles. The predicted octanol–water partition coefficient (Wildman–Crippen LogP) is 6.84. The summed E-state index contributed by atoms with van der Waals surface area (Å²) in [6.45, 7) is 8.33. The van der Waals surface area contributed by atoms with Gasteiger partial charge < -0.3 is 49.8 Å². The van der Waals surface area contributed by atoms with E-state index in [9.17, 15) is 9.59 Å². The van der Waals surface area contributed by atoms with Crippen LogP contribution in [0.5, 0.6) is 23.0 Å². The smallest absolute Gasteiger partial charge is 0.250 e. The Morgan fingerprint density at radius 3 is 1.72 bits per heavy atom. The summed E-state index contributed by atoms with van der Waals surface area (Å²) in [5, 5.41) is 3.47. The van der Waals surface area contributed by atoms with Crippen molar-refractivity contribution in [3.05, 3.63) is 158 Å². The molecule has 0 bridgehead atoms. The number of ether oxygens (including phenoxy) is 4. The van der Waals surface area contributed by atoms with Gasteiger partial charge in [0, 0.05) is 127 Å². The van der Waals surface area contributed by atoms with Crippen LogP contribution in [0.4, 0.5) is 22.7 Å². The van der Waals surface area contributed by atoms with Crippen LogP contribution in [0, 0.1) is 6.92 Å². The number of rotatable bonds is 7. The van der Waals surface area contributed by atoms with Gasteiger partial charge in [0.05, 0.1) is 37.8 Å². The van der Waals surface area contributed by atoms with Crippen LogP contribution in [0.25, 0.3) is 22.8 Å². The Labute approximate surface area is 368 Å². The lowest BCUT2D eigenvalue weighted by Crippen LogP contribution is -2.36. The molecule has 2 fully saturated rings. The zero-order valence-electron chi connectivity index (χ0n) is 35.4. The maximum Gasteiger partial charge on any atom is 0.250 e. The summed E-state index contributed by atoms with van der Waals surface area (Å²) >= 11 is 0. The molecule has 11 rings (SSSR count). The summed E-state index contributed by atoms with van der Waals surface area (Å²) in [7, 11) is 0. The Morgan fingerprint density at radius 1 is 0.625 bits per heavy atom. The fraction of sp³-hybridized carbons (Fsp3) is 0.245. The van der Waals surface area contributed by atoms with E-state index in [-0.39, 0.29) is 11.1 Å². The normalized spacial score (nSPS) is 15.0. The minimum Gasteiger partial charge on any atom is -0.454 e. The number of nitrogens with zero attached hydrogens (tertiary/aromatic N) is 5. The first-order valence-electron chi connectivity index (χ1n) is 21.4. The molecular weight excluding hydrogens is 811 g/mol. The molecule has 324 valence electrons. The summed E-state index contributed by atoms with van der Waals surface area (Å²) in [6, 6.07) is 26.9. The second-order valence-electron chi connectivity index (χ2n) is 16.1. The fourth-order valence-electron chi connectivity index (χ4n) is 8.39. The number of hydrogen-bond acceptors (Lipinski definition) is 13. The molecule has 15 nitrogen and oxygen atoms in total. The molecule has 0 saturated carbocycles. The van der Waals surface area contributed by atoms with Crippen molar-refractivity contribution in [2.75, 3.05) is 73.5 Å². The van der Waals surface area contributed by atoms with E-state index in [1.54, 1.807) is 24.5 Å². The summed E-state index contributed by atoms with van der Waals surface area (Å²) in [5.74, 6) is 2.93. The molecule has 0 amide bonds. The van der Waals surface area contributed by atoms with Gasteiger partial charge in [-0.05, 0) is 79.2 Å². The Hall–Kier alpha value is -7.49. The van der Waals surface area contributed by atoms with Crippen LogP contribution in [-0.2, 0) is 28.9 Å². The number of benzene rings is 2. The van der Waals surface area contributed by atoms with Crippen molar-refractivity contribution in [2.45, 2.75) is 26.3 Å². The van der Waals surface area contributed by atoms with Crippen molar-refractivity contribution in [3.63, 3.8) is 0 Å².